The highest BCUT2D eigenvalue weighted by molar-refractivity contribution is 5.71. The maximum absolute atomic E-state index is 10.3. The minimum atomic E-state index is -0.506. The van der Waals surface area contributed by atoms with E-state index in [1.807, 2.05) is 6.07 Å². The fourth-order valence-electron chi connectivity index (χ4n) is 0.913. The van der Waals surface area contributed by atoms with Crippen LogP contribution in [-0.4, -0.2) is 29.1 Å². The number of amides is 2. The Balaban J connectivity index is 2.08. The number of nitrogens with zero attached hydrogens (tertiary/aromatic N) is 2. The Hall–Kier alpha value is -1.69. The second kappa shape index (κ2) is 5.87. The Morgan fingerprint density at radius 1 is 1.50 bits per heavy atom. The third kappa shape index (κ3) is 4.36. The largest absolute Gasteiger partial charge is 0.352 e. The average Bonchev–Trinajstić information content (AvgIpc) is 2.18. The van der Waals surface area contributed by atoms with Gasteiger partial charge < -0.3 is 16.4 Å². The van der Waals surface area contributed by atoms with E-state index >= 15 is 0 Å². The van der Waals surface area contributed by atoms with Gasteiger partial charge in [0.25, 0.3) is 0 Å². The van der Waals surface area contributed by atoms with Gasteiger partial charge in [0.15, 0.2) is 0 Å². The van der Waals surface area contributed by atoms with Crippen molar-refractivity contribution in [2.24, 2.45) is 5.73 Å². The molecule has 0 aliphatic rings. The summed E-state index contributed by atoms with van der Waals surface area (Å²) in [7, 11) is 0. The third-order valence-corrected chi connectivity index (χ3v) is 1.55. The van der Waals surface area contributed by atoms with E-state index in [0.717, 1.165) is 5.69 Å². The summed E-state index contributed by atoms with van der Waals surface area (Å²) in [6.07, 6.45) is 3.18. The molecule has 0 radical (unpaired) electrons. The second-order valence-electron chi connectivity index (χ2n) is 2.67. The SMILES string of the molecule is NC(=O)NCCNCc1ccncn1. The Labute approximate surface area is 81.9 Å². The van der Waals surface area contributed by atoms with E-state index in [9.17, 15) is 4.79 Å². The molecular formula is C8H13N5O. The van der Waals surface area contributed by atoms with Gasteiger partial charge in [-0.25, -0.2) is 14.8 Å². The molecule has 0 aliphatic carbocycles. The lowest BCUT2D eigenvalue weighted by molar-refractivity contribution is 0.249. The number of carbonyl (C=O) groups is 1. The zero-order chi connectivity index (χ0) is 10.2. The fourth-order valence-corrected chi connectivity index (χ4v) is 0.913. The van der Waals surface area contributed by atoms with Crippen molar-refractivity contribution >= 4 is 6.03 Å². The minimum Gasteiger partial charge on any atom is -0.352 e. The van der Waals surface area contributed by atoms with Gasteiger partial charge in [0.05, 0.1) is 5.69 Å². The molecule has 6 heteroatoms. The van der Waals surface area contributed by atoms with E-state index < -0.39 is 6.03 Å². The number of hydrogen-bond donors (Lipinski definition) is 3. The Morgan fingerprint density at radius 2 is 2.36 bits per heavy atom. The summed E-state index contributed by atoms with van der Waals surface area (Å²) in [4.78, 5) is 18.1. The van der Waals surface area contributed by atoms with Gasteiger partial charge in [0.2, 0.25) is 0 Å². The first kappa shape index (κ1) is 10.4. The van der Waals surface area contributed by atoms with Crippen molar-refractivity contribution in [2.45, 2.75) is 6.54 Å². The number of rotatable bonds is 5. The van der Waals surface area contributed by atoms with Crippen LogP contribution in [0.3, 0.4) is 0 Å². The molecular weight excluding hydrogens is 182 g/mol. The summed E-state index contributed by atoms with van der Waals surface area (Å²) in [5, 5.41) is 5.57. The van der Waals surface area contributed by atoms with Crippen LogP contribution in [0.15, 0.2) is 18.6 Å². The summed E-state index contributed by atoms with van der Waals surface area (Å²) in [5.41, 5.74) is 5.80. The second-order valence-corrected chi connectivity index (χ2v) is 2.67. The third-order valence-electron chi connectivity index (χ3n) is 1.55. The number of hydrogen-bond acceptors (Lipinski definition) is 4. The van der Waals surface area contributed by atoms with Crippen molar-refractivity contribution < 1.29 is 4.79 Å². The number of urea groups is 1. The first-order valence-electron chi connectivity index (χ1n) is 4.28. The molecule has 0 aromatic carbocycles. The van der Waals surface area contributed by atoms with Crippen LogP contribution < -0.4 is 16.4 Å². The van der Waals surface area contributed by atoms with Crippen LogP contribution in [0.5, 0.6) is 0 Å². The number of carbonyl (C=O) groups excluding carboxylic acids is 1. The molecule has 0 spiro atoms. The molecule has 4 N–H and O–H groups in total. The average molecular weight is 195 g/mol. The molecule has 0 aliphatic heterocycles. The maximum atomic E-state index is 10.3. The van der Waals surface area contributed by atoms with Gasteiger partial charge in [-0.3, -0.25) is 0 Å². The topological polar surface area (TPSA) is 92.9 Å². The molecule has 1 aromatic rings. The smallest absolute Gasteiger partial charge is 0.312 e. The van der Waals surface area contributed by atoms with Crippen LogP contribution in [0.2, 0.25) is 0 Å². The van der Waals surface area contributed by atoms with E-state index in [1.165, 1.54) is 6.33 Å². The van der Waals surface area contributed by atoms with Gasteiger partial charge >= 0.3 is 6.03 Å². The Morgan fingerprint density at radius 3 is 3.00 bits per heavy atom. The van der Waals surface area contributed by atoms with Gasteiger partial charge in [-0.15, -0.1) is 0 Å². The van der Waals surface area contributed by atoms with Crippen LogP contribution in [0.4, 0.5) is 4.79 Å². The van der Waals surface area contributed by atoms with Crippen LogP contribution in [0, 0.1) is 0 Å². The van der Waals surface area contributed by atoms with Gasteiger partial charge in [-0.2, -0.15) is 0 Å². The first-order chi connectivity index (χ1) is 6.79. The van der Waals surface area contributed by atoms with Crippen molar-refractivity contribution in [1.82, 2.24) is 20.6 Å². The molecule has 0 saturated heterocycles. The highest BCUT2D eigenvalue weighted by Crippen LogP contribution is 1.88. The van der Waals surface area contributed by atoms with Gasteiger partial charge in [0, 0.05) is 25.8 Å². The quantitative estimate of drug-likeness (QED) is 0.538. The van der Waals surface area contributed by atoms with Crippen molar-refractivity contribution in [2.75, 3.05) is 13.1 Å². The van der Waals surface area contributed by atoms with E-state index in [1.54, 1.807) is 6.20 Å². The molecule has 1 rings (SSSR count). The monoisotopic (exact) mass is 195 g/mol. The van der Waals surface area contributed by atoms with Crippen molar-refractivity contribution in [3.63, 3.8) is 0 Å². The molecule has 0 saturated carbocycles. The molecule has 6 nitrogen and oxygen atoms in total. The Bertz CT molecular complexity index is 276. The van der Waals surface area contributed by atoms with Gasteiger partial charge in [-0.05, 0) is 6.07 Å². The molecule has 0 atom stereocenters. The lowest BCUT2D eigenvalue weighted by Gasteiger charge is -2.03. The Kier molecular flexibility index (Phi) is 4.36. The number of primary amides is 1. The van der Waals surface area contributed by atoms with Gasteiger partial charge in [-0.1, -0.05) is 0 Å². The van der Waals surface area contributed by atoms with Crippen LogP contribution in [0.25, 0.3) is 0 Å². The number of nitrogens with two attached hydrogens (primary N) is 1. The number of aromatic nitrogens is 2. The van der Waals surface area contributed by atoms with Crippen molar-refractivity contribution in [3.8, 4) is 0 Å². The summed E-state index contributed by atoms with van der Waals surface area (Å²) in [5.74, 6) is 0. The van der Waals surface area contributed by atoms with Crippen molar-refractivity contribution in [1.29, 1.82) is 0 Å². The molecule has 1 aromatic heterocycles. The maximum Gasteiger partial charge on any atom is 0.312 e. The van der Waals surface area contributed by atoms with E-state index in [2.05, 4.69) is 20.6 Å². The molecule has 0 fully saturated rings. The standard InChI is InChI=1S/C8H13N5O/c9-8(14)12-4-3-10-5-7-1-2-11-6-13-7/h1-2,6,10H,3-5H2,(H3,9,12,14). The molecule has 14 heavy (non-hydrogen) atoms. The highest BCUT2D eigenvalue weighted by atomic mass is 16.2. The zero-order valence-electron chi connectivity index (χ0n) is 7.73. The van der Waals surface area contributed by atoms with Crippen LogP contribution in [0.1, 0.15) is 5.69 Å². The summed E-state index contributed by atoms with van der Waals surface area (Å²) in [6, 6.07) is 1.32. The lowest BCUT2D eigenvalue weighted by Crippen LogP contribution is -2.35. The van der Waals surface area contributed by atoms with E-state index in [-0.39, 0.29) is 0 Å². The van der Waals surface area contributed by atoms with Gasteiger partial charge in [0.1, 0.15) is 6.33 Å². The first-order valence-corrected chi connectivity index (χ1v) is 4.28. The normalized spacial score (nSPS) is 9.71. The summed E-state index contributed by atoms with van der Waals surface area (Å²) in [6.45, 7) is 1.83. The number of nitrogens with one attached hydrogen (secondary N) is 2. The lowest BCUT2D eigenvalue weighted by atomic mass is 10.4. The molecule has 76 valence electrons. The van der Waals surface area contributed by atoms with E-state index in [4.69, 9.17) is 5.73 Å². The van der Waals surface area contributed by atoms with E-state index in [0.29, 0.717) is 19.6 Å². The molecule has 1 heterocycles. The molecule has 0 bridgehead atoms. The fraction of sp³-hybridized carbons (Fsp3) is 0.375. The van der Waals surface area contributed by atoms with Crippen LogP contribution in [-0.2, 0) is 6.54 Å². The zero-order valence-corrected chi connectivity index (χ0v) is 7.73. The minimum absolute atomic E-state index is 0.506. The summed E-state index contributed by atoms with van der Waals surface area (Å²) < 4.78 is 0. The highest BCUT2D eigenvalue weighted by Gasteiger charge is 1.93. The predicted molar refractivity (Wildman–Crippen MR) is 51.3 cm³/mol. The molecule has 2 amide bonds. The van der Waals surface area contributed by atoms with Crippen molar-refractivity contribution in [3.05, 3.63) is 24.3 Å². The molecule has 0 unspecified atom stereocenters. The predicted octanol–water partition coefficient (Wildman–Crippen LogP) is -0.766. The van der Waals surface area contributed by atoms with Crippen LogP contribution >= 0.6 is 0 Å². The summed E-state index contributed by atoms with van der Waals surface area (Å²) >= 11 is 0.